The zero-order valence-electron chi connectivity index (χ0n) is 15.6. The second kappa shape index (κ2) is 8.51. The van der Waals surface area contributed by atoms with E-state index in [0.717, 1.165) is 18.3 Å². The lowest BCUT2D eigenvalue weighted by atomic mass is 10.2. The first-order chi connectivity index (χ1) is 11.4. The number of rotatable bonds is 6. The minimum atomic E-state index is -4.48. The van der Waals surface area contributed by atoms with Crippen molar-refractivity contribution in [3.63, 3.8) is 0 Å². The number of amides is 2. The summed E-state index contributed by atoms with van der Waals surface area (Å²) in [5.41, 5.74) is -0.821. The monoisotopic (exact) mass is 360 g/mol. The molecule has 25 heavy (non-hydrogen) atoms. The van der Waals surface area contributed by atoms with E-state index in [9.17, 15) is 18.0 Å². The van der Waals surface area contributed by atoms with Crippen LogP contribution in [0.2, 0.25) is 0 Å². The fraction of sp³-hybridized carbons (Fsp3) is 0.647. The molecule has 1 heterocycles. The van der Waals surface area contributed by atoms with Crippen LogP contribution in [-0.2, 0) is 6.18 Å². The van der Waals surface area contributed by atoms with Gasteiger partial charge in [-0.25, -0.2) is 9.78 Å². The molecule has 2 amide bonds. The zero-order valence-corrected chi connectivity index (χ0v) is 15.6. The lowest BCUT2D eigenvalue weighted by Gasteiger charge is -2.33. The maximum atomic E-state index is 13.0. The summed E-state index contributed by atoms with van der Waals surface area (Å²) < 4.78 is 38.9. The van der Waals surface area contributed by atoms with Crippen molar-refractivity contribution in [2.24, 2.45) is 0 Å². The molecule has 0 saturated heterocycles. The van der Waals surface area contributed by atoms with Crippen molar-refractivity contribution in [3.8, 4) is 0 Å². The van der Waals surface area contributed by atoms with Crippen molar-refractivity contribution in [2.75, 3.05) is 32.1 Å². The maximum Gasteiger partial charge on any atom is 0.416 e. The molecule has 0 fully saturated rings. The first-order valence-electron chi connectivity index (χ1n) is 8.23. The quantitative estimate of drug-likeness (QED) is 0.776. The molecule has 0 aliphatic carbocycles. The molecule has 1 rings (SSSR count). The summed E-state index contributed by atoms with van der Waals surface area (Å²) in [5.74, 6) is 0.000914. The average Bonchev–Trinajstić information content (AvgIpc) is 2.49. The molecular weight excluding hydrogens is 333 g/mol. The van der Waals surface area contributed by atoms with E-state index in [1.807, 2.05) is 27.7 Å². The molecule has 0 atom stereocenters. The first-order valence-corrected chi connectivity index (χ1v) is 8.23. The van der Waals surface area contributed by atoms with Gasteiger partial charge in [0, 0.05) is 45.5 Å². The van der Waals surface area contributed by atoms with Crippen LogP contribution in [0.15, 0.2) is 18.3 Å². The highest BCUT2D eigenvalue weighted by molar-refractivity contribution is 5.90. The van der Waals surface area contributed by atoms with Crippen LogP contribution in [0.4, 0.5) is 23.8 Å². The standard InChI is InChI=1S/C17H27F3N4O/c1-12(2)23(13(3)4)9-10-24(16(25)22(5)6)15-11-14(7-8-21-15)17(18,19)20/h7-8,11-13H,9-10H2,1-6H3. The molecule has 0 spiro atoms. The van der Waals surface area contributed by atoms with Crippen molar-refractivity contribution in [3.05, 3.63) is 23.9 Å². The second-order valence-electron chi connectivity index (χ2n) is 6.65. The predicted molar refractivity (Wildman–Crippen MR) is 92.6 cm³/mol. The van der Waals surface area contributed by atoms with E-state index in [2.05, 4.69) is 9.88 Å². The first kappa shape index (κ1) is 21.2. The van der Waals surface area contributed by atoms with E-state index in [-0.39, 0.29) is 24.4 Å². The van der Waals surface area contributed by atoms with Gasteiger partial charge in [-0.05, 0) is 39.8 Å². The lowest BCUT2D eigenvalue weighted by molar-refractivity contribution is -0.137. The number of urea groups is 1. The Balaban J connectivity index is 3.12. The van der Waals surface area contributed by atoms with Crippen LogP contribution in [-0.4, -0.2) is 60.1 Å². The Bertz CT molecular complexity index is 565. The van der Waals surface area contributed by atoms with Gasteiger partial charge in [-0.15, -0.1) is 0 Å². The van der Waals surface area contributed by atoms with Crippen molar-refractivity contribution in [2.45, 2.75) is 46.0 Å². The molecule has 1 aromatic heterocycles. The SMILES string of the molecule is CC(C)N(CCN(C(=O)N(C)C)c1cc(C(F)(F)F)ccn1)C(C)C. The number of carbonyl (C=O) groups excluding carboxylic acids is 1. The minimum Gasteiger partial charge on any atom is -0.330 e. The molecule has 1 aromatic rings. The number of anilines is 1. The molecular formula is C17H27F3N4O. The Labute approximate surface area is 147 Å². The molecule has 0 N–H and O–H groups in total. The number of alkyl halides is 3. The van der Waals surface area contributed by atoms with Gasteiger partial charge in [0.2, 0.25) is 0 Å². The normalized spacial score (nSPS) is 12.2. The van der Waals surface area contributed by atoms with Crippen LogP contribution in [0.1, 0.15) is 33.3 Å². The zero-order chi connectivity index (χ0) is 19.4. The molecule has 142 valence electrons. The van der Waals surface area contributed by atoms with Crippen LogP contribution in [0.3, 0.4) is 0 Å². The van der Waals surface area contributed by atoms with Crippen molar-refractivity contribution < 1.29 is 18.0 Å². The molecule has 0 aromatic carbocycles. The maximum absolute atomic E-state index is 13.0. The summed E-state index contributed by atoms with van der Waals surface area (Å²) in [7, 11) is 3.12. The summed E-state index contributed by atoms with van der Waals surface area (Å²) in [6.07, 6.45) is -3.40. The van der Waals surface area contributed by atoms with Crippen molar-refractivity contribution >= 4 is 11.8 Å². The fourth-order valence-electron chi connectivity index (χ4n) is 2.62. The summed E-state index contributed by atoms with van der Waals surface area (Å²) in [4.78, 5) is 21.2. The largest absolute Gasteiger partial charge is 0.416 e. The van der Waals surface area contributed by atoms with E-state index in [1.165, 1.54) is 9.80 Å². The van der Waals surface area contributed by atoms with Gasteiger partial charge in [-0.3, -0.25) is 9.80 Å². The van der Waals surface area contributed by atoms with Crippen LogP contribution in [0.25, 0.3) is 0 Å². The summed E-state index contributed by atoms with van der Waals surface area (Å²) >= 11 is 0. The van der Waals surface area contributed by atoms with Crippen LogP contribution < -0.4 is 4.90 Å². The van der Waals surface area contributed by atoms with Gasteiger partial charge in [0.25, 0.3) is 0 Å². The Morgan fingerprint density at radius 3 is 2.12 bits per heavy atom. The molecule has 5 nitrogen and oxygen atoms in total. The summed E-state index contributed by atoms with van der Waals surface area (Å²) in [6, 6.07) is 1.92. The highest BCUT2D eigenvalue weighted by atomic mass is 19.4. The molecule has 0 aliphatic rings. The van der Waals surface area contributed by atoms with E-state index in [1.54, 1.807) is 14.1 Å². The highest BCUT2D eigenvalue weighted by Gasteiger charge is 2.32. The minimum absolute atomic E-state index is 0.000914. The predicted octanol–water partition coefficient (Wildman–Crippen LogP) is 3.71. The molecule has 0 unspecified atom stereocenters. The van der Waals surface area contributed by atoms with Gasteiger partial charge in [0.1, 0.15) is 5.82 Å². The topological polar surface area (TPSA) is 39.7 Å². The average molecular weight is 360 g/mol. The molecule has 0 radical (unpaired) electrons. The number of carbonyl (C=O) groups is 1. The highest BCUT2D eigenvalue weighted by Crippen LogP contribution is 2.30. The summed E-state index contributed by atoms with van der Waals surface area (Å²) in [5, 5.41) is 0. The van der Waals surface area contributed by atoms with Gasteiger partial charge in [0.05, 0.1) is 5.56 Å². The Kier molecular flexibility index (Phi) is 7.22. The van der Waals surface area contributed by atoms with Crippen LogP contribution >= 0.6 is 0 Å². The molecule has 0 bridgehead atoms. The molecule has 8 heteroatoms. The third-order valence-electron chi connectivity index (χ3n) is 3.87. The number of aromatic nitrogens is 1. The third-order valence-corrected chi connectivity index (χ3v) is 3.87. The van der Waals surface area contributed by atoms with Crippen LogP contribution in [0.5, 0.6) is 0 Å². The van der Waals surface area contributed by atoms with Gasteiger partial charge in [-0.2, -0.15) is 13.2 Å². The van der Waals surface area contributed by atoms with Gasteiger partial charge >= 0.3 is 12.2 Å². The third kappa shape index (κ3) is 5.88. The lowest BCUT2D eigenvalue weighted by Crippen LogP contribution is -2.47. The number of halogens is 3. The molecule has 0 aliphatic heterocycles. The van der Waals surface area contributed by atoms with E-state index in [4.69, 9.17) is 0 Å². The van der Waals surface area contributed by atoms with E-state index >= 15 is 0 Å². The summed E-state index contributed by atoms with van der Waals surface area (Å²) in [6.45, 7) is 8.96. The number of hydrogen-bond donors (Lipinski definition) is 0. The van der Waals surface area contributed by atoms with E-state index < -0.39 is 17.8 Å². The van der Waals surface area contributed by atoms with Crippen molar-refractivity contribution in [1.29, 1.82) is 0 Å². The van der Waals surface area contributed by atoms with Gasteiger partial charge in [-0.1, -0.05) is 0 Å². The molecule has 0 saturated carbocycles. The van der Waals surface area contributed by atoms with E-state index in [0.29, 0.717) is 6.54 Å². The van der Waals surface area contributed by atoms with Gasteiger partial charge < -0.3 is 4.90 Å². The van der Waals surface area contributed by atoms with Crippen molar-refractivity contribution in [1.82, 2.24) is 14.8 Å². The second-order valence-corrected chi connectivity index (χ2v) is 6.65. The van der Waals surface area contributed by atoms with Crippen LogP contribution in [0, 0.1) is 0 Å². The smallest absolute Gasteiger partial charge is 0.330 e. The van der Waals surface area contributed by atoms with Gasteiger partial charge in [0.15, 0.2) is 0 Å². The Morgan fingerprint density at radius 2 is 1.68 bits per heavy atom. The Hall–Kier alpha value is -1.83. The number of hydrogen-bond acceptors (Lipinski definition) is 3. The fourth-order valence-corrected chi connectivity index (χ4v) is 2.62. The number of pyridine rings is 1. The Morgan fingerprint density at radius 1 is 1.12 bits per heavy atom. The number of nitrogens with zero attached hydrogens (tertiary/aromatic N) is 4.